The van der Waals surface area contributed by atoms with Crippen LogP contribution in [0.1, 0.15) is 31.4 Å². The van der Waals surface area contributed by atoms with E-state index in [2.05, 4.69) is 10.4 Å². The maximum Gasteiger partial charge on any atom is 0.238 e. The van der Waals surface area contributed by atoms with Gasteiger partial charge in [0.1, 0.15) is 5.54 Å². The highest BCUT2D eigenvalue weighted by atomic mass is 35.5. The molecule has 1 saturated carbocycles. The third-order valence-electron chi connectivity index (χ3n) is 4.30. The lowest BCUT2D eigenvalue weighted by Crippen LogP contribution is -2.56. The van der Waals surface area contributed by atoms with Crippen molar-refractivity contribution >= 4 is 17.5 Å². The second-order valence-corrected chi connectivity index (χ2v) is 5.70. The molecule has 2 unspecified atom stereocenters. The molecular formula is C13H21ClN4O. The summed E-state index contributed by atoms with van der Waals surface area (Å²) in [5, 5.41) is 8.17. The van der Waals surface area contributed by atoms with Crippen LogP contribution in [0, 0.1) is 12.8 Å². The van der Waals surface area contributed by atoms with Crippen molar-refractivity contribution in [1.82, 2.24) is 15.1 Å². The summed E-state index contributed by atoms with van der Waals surface area (Å²) in [4.78, 5) is 11.8. The summed E-state index contributed by atoms with van der Waals surface area (Å²) in [6.07, 6.45) is 5.59. The minimum absolute atomic E-state index is 0.243. The molecule has 1 aliphatic rings. The Kier molecular flexibility index (Phi) is 4.16. The molecule has 3 N–H and O–H groups in total. The van der Waals surface area contributed by atoms with Crippen molar-refractivity contribution in [2.24, 2.45) is 11.7 Å². The van der Waals surface area contributed by atoms with Crippen LogP contribution in [0.5, 0.6) is 0 Å². The number of amides is 1. The van der Waals surface area contributed by atoms with E-state index in [1.807, 2.05) is 24.9 Å². The number of hydrogen-bond donors (Lipinski definition) is 2. The first kappa shape index (κ1) is 14.3. The zero-order valence-electron chi connectivity index (χ0n) is 11.4. The summed E-state index contributed by atoms with van der Waals surface area (Å²) in [5.74, 6) is 0.0189. The van der Waals surface area contributed by atoms with Crippen molar-refractivity contribution < 1.29 is 4.79 Å². The van der Waals surface area contributed by atoms with Crippen LogP contribution in [0.2, 0.25) is 5.02 Å². The highest BCUT2D eigenvalue weighted by molar-refractivity contribution is 6.31. The van der Waals surface area contributed by atoms with Crippen LogP contribution in [-0.2, 0) is 11.3 Å². The van der Waals surface area contributed by atoms with Crippen LogP contribution in [0.25, 0.3) is 0 Å². The lowest BCUT2D eigenvalue weighted by molar-refractivity contribution is -0.125. The quantitative estimate of drug-likeness (QED) is 0.860. The first-order valence-corrected chi connectivity index (χ1v) is 7.06. The molecule has 2 atom stereocenters. The second-order valence-electron chi connectivity index (χ2n) is 5.29. The number of rotatable bonds is 5. The molecule has 6 heteroatoms. The zero-order chi connectivity index (χ0) is 14.0. The Labute approximate surface area is 118 Å². The minimum Gasteiger partial charge on any atom is -0.368 e. The van der Waals surface area contributed by atoms with Crippen molar-refractivity contribution in [2.75, 3.05) is 7.05 Å². The Morgan fingerprint density at radius 3 is 3.00 bits per heavy atom. The average molecular weight is 285 g/mol. The van der Waals surface area contributed by atoms with Crippen molar-refractivity contribution in [3.05, 3.63) is 16.9 Å². The largest absolute Gasteiger partial charge is 0.368 e. The van der Waals surface area contributed by atoms with Gasteiger partial charge in [0.2, 0.25) is 5.91 Å². The predicted molar refractivity (Wildman–Crippen MR) is 74.9 cm³/mol. The maximum absolute atomic E-state index is 11.8. The molecule has 1 aliphatic carbocycles. The van der Waals surface area contributed by atoms with E-state index in [4.69, 9.17) is 17.3 Å². The molecule has 0 saturated heterocycles. The molecule has 0 bridgehead atoms. The van der Waals surface area contributed by atoms with Crippen LogP contribution in [0.4, 0.5) is 0 Å². The fourth-order valence-corrected chi connectivity index (χ4v) is 3.29. The number of primary amides is 1. The van der Waals surface area contributed by atoms with Gasteiger partial charge in [0.15, 0.2) is 0 Å². The van der Waals surface area contributed by atoms with Gasteiger partial charge in [-0.2, -0.15) is 5.10 Å². The second kappa shape index (κ2) is 5.51. The molecule has 1 aromatic heterocycles. The molecule has 0 aromatic carbocycles. The maximum atomic E-state index is 11.8. The Morgan fingerprint density at radius 2 is 2.47 bits per heavy atom. The molecule has 1 amide bonds. The number of nitrogens with one attached hydrogen (secondary N) is 1. The summed E-state index contributed by atoms with van der Waals surface area (Å²) in [7, 11) is 1.82. The van der Waals surface area contributed by atoms with E-state index >= 15 is 0 Å². The Hall–Kier alpha value is -1.07. The third kappa shape index (κ3) is 2.62. The van der Waals surface area contributed by atoms with Crippen LogP contribution in [-0.4, -0.2) is 28.3 Å². The lowest BCUT2D eigenvalue weighted by atomic mass is 9.84. The fraction of sp³-hybridized carbons (Fsp3) is 0.692. The standard InChI is InChI=1S/C13H21ClN4O/c1-9-11(14)8-18(17-9)7-5-10-4-3-6-13(10,16-2)12(15)19/h8,10,16H,3-7H2,1-2H3,(H2,15,19). The number of aryl methyl sites for hydroxylation is 2. The molecule has 0 aliphatic heterocycles. The van der Waals surface area contributed by atoms with Gasteiger partial charge in [0, 0.05) is 12.7 Å². The van der Waals surface area contributed by atoms with Gasteiger partial charge in [-0.3, -0.25) is 9.48 Å². The zero-order valence-corrected chi connectivity index (χ0v) is 12.2. The summed E-state index contributed by atoms with van der Waals surface area (Å²) in [5.41, 5.74) is 5.87. The smallest absolute Gasteiger partial charge is 0.238 e. The first-order valence-electron chi connectivity index (χ1n) is 6.68. The topological polar surface area (TPSA) is 72.9 Å². The number of hydrogen-bond acceptors (Lipinski definition) is 3. The number of carbonyl (C=O) groups excluding carboxylic acids is 1. The van der Waals surface area contributed by atoms with Crippen LogP contribution in [0.15, 0.2) is 6.20 Å². The number of aromatic nitrogens is 2. The molecule has 0 radical (unpaired) electrons. The van der Waals surface area contributed by atoms with Crippen LogP contribution < -0.4 is 11.1 Å². The molecule has 5 nitrogen and oxygen atoms in total. The number of nitrogens with two attached hydrogens (primary N) is 1. The molecule has 0 spiro atoms. The van der Waals surface area contributed by atoms with E-state index < -0.39 is 5.54 Å². The number of halogens is 1. The summed E-state index contributed by atoms with van der Waals surface area (Å²) >= 11 is 5.99. The summed E-state index contributed by atoms with van der Waals surface area (Å²) in [6.45, 7) is 2.64. The van der Waals surface area contributed by atoms with Gasteiger partial charge in [-0.25, -0.2) is 0 Å². The third-order valence-corrected chi connectivity index (χ3v) is 4.67. The summed E-state index contributed by atoms with van der Waals surface area (Å²) < 4.78 is 1.84. The highest BCUT2D eigenvalue weighted by Crippen LogP contribution is 2.37. The van der Waals surface area contributed by atoms with Crippen molar-refractivity contribution in [3.8, 4) is 0 Å². The van der Waals surface area contributed by atoms with Gasteiger partial charge in [-0.05, 0) is 39.2 Å². The van der Waals surface area contributed by atoms with Crippen molar-refractivity contribution in [2.45, 2.75) is 44.7 Å². The lowest BCUT2D eigenvalue weighted by Gasteiger charge is -2.32. The first-order chi connectivity index (χ1) is 8.99. The molecule has 1 fully saturated rings. The number of nitrogens with zero attached hydrogens (tertiary/aromatic N) is 2. The van der Waals surface area contributed by atoms with Crippen molar-refractivity contribution in [1.29, 1.82) is 0 Å². The molecule has 19 heavy (non-hydrogen) atoms. The van der Waals surface area contributed by atoms with E-state index in [-0.39, 0.29) is 11.8 Å². The van der Waals surface area contributed by atoms with E-state index in [0.29, 0.717) is 5.02 Å². The Bertz CT molecular complexity index is 454. The van der Waals surface area contributed by atoms with Gasteiger partial charge in [0.05, 0.1) is 10.7 Å². The summed E-state index contributed by atoms with van der Waals surface area (Å²) in [6, 6.07) is 0. The molecule has 1 heterocycles. The molecule has 1 aromatic rings. The number of carbonyl (C=O) groups is 1. The van der Waals surface area contributed by atoms with Gasteiger partial charge in [-0.15, -0.1) is 0 Å². The fourth-order valence-electron chi connectivity index (χ4n) is 3.14. The van der Waals surface area contributed by atoms with Crippen LogP contribution in [0.3, 0.4) is 0 Å². The normalized spacial score (nSPS) is 26.8. The Morgan fingerprint density at radius 1 is 1.74 bits per heavy atom. The minimum atomic E-state index is -0.550. The van der Waals surface area contributed by atoms with E-state index in [9.17, 15) is 4.79 Å². The van der Waals surface area contributed by atoms with Gasteiger partial charge < -0.3 is 11.1 Å². The Balaban J connectivity index is 2.04. The molecule has 106 valence electrons. The molecule has 2 rings (SSSR count). The van der Waals surface area contributed by atoms with Gasteiger partial charge in [0.25, 0.3) is 0 Å². The predicted octanol–water partition coefficient (Wildman–Crippen LogP) is 1.48. The van der Waals surface area contributed by atoms with Crippen LogP contribution >= 0.6 is 11.6 Å². The molecular weight excluding hydrogens is 264 g/mol. The highest BCUT2D eigenvalue weighted by Gasteiger charge is 2.46. The van der Waals surface area contributed by atoms with Crippen molar-refractivity contribution in [3.63, 3.8) is 0 Å². The number of likely N-dealkylation sites (N-methyl/N-ethyl adjacent to an activating group) is 1. The van der Waals surface area contributed by atoms with E-state index in [1.54, 1.807) is 0 Å². The average Bonchev–Trinajstić information content (AvgIpc) is 2.92. The van der Waals surface area contributed by atoms with Gasteiger partial charge in [-0.1, -0.05) is 18.0 Å². The SMILES string of the molecule is CNC1(C(N)=O)CCCC1CCn1cc(Cl)c(C)n1. The van der Waals surface area contributed by atoms with E-state index in [0.717, 1.165) is 37.9 Å². The van der Waals surface area contributed by atoms with E-state index in [1.165, 1.54) is 0 Å². The van der Waals surface area contributed by atoms with Gasteiger partial charge >= 0.3 is 0 Å². The monoisotopic (exact) mass is 284 g/mol.